The standard InChI is InChI=1S/C22H33N5S/c1-4-23-22(26-15-21-24-13-18(3)28-21)25-14-19-10-5-6-11-20(19)16-27-12-8-7-9-17(27)2/h5-6,10-11,13,17H,4,7-9,12,14-16H2,1-3H3,(H2,23,25,26). The first-order chi connectivity index (χ1) is 13.7. The molecule has 1 fully saturated rings. The molecule has 6 heteroatoms. The smallest absolute Gasteiger partial charge is 0.191 e. The van der Waals surface area contributed by atoms with Gasteiger partial charge in [0.25, 0.3) is 0 Å². The van der Waals surface area contributed by atoms with Gasteiger partial charge in [-0.15, -0.1) is 11.3 Å². The Balaban J connectivity index is 1.64. The van der Waals surface area contributed by atoms with Crippen LogP contribution in [0.4, 0.5) is 0 Å². The summed E-state index contributed by atoms with van der Waals surface area (Å²) in [6, 6.07) is 9.40. The lowest BCUT2D eigenvalue weighted by molar-refractivity contribution is 0.152. The van der Waals surface area contributed by atoms with Crippen molar-refractivity contribution in [2.75, 3.05) is 13.1 Å². The Labute approximate surface area is 173 Å². The monoisotopic (exact) mass is 399 g/mol. The van der Waals surface area contributed by atoms with Gasteiger partial charge in [0.2, 0.25) is 0 Å². The molecule has 0 saturated carbocycles. The van der Waals surface area contributed by atoms with Crippen molar-refractivity contribution in [3.05, 3.63) is 51.5 Å². The average Bonchev–Trinajstić information content (AvgIpc) is 3.12. The number of aryl methyl sites for hydroxylation is 1. The maximum atomic E-state index is 4.83. The molecular formula is C22H33N5S. The Morgan fingerprint density at radius 2 is 2.07 bits per heavy atom. The number of hydrogen-bond donors (Lipinski definition) is 2. The van der Waals surface area contributed by atoms with Crippen LogP contribution in [0.2, 0.25) is 0 Å². The van der Waals surface area contributed by atoms with E-state index in [1.807, 2.05) is 6.20 Å². The molecule has 1 saturated heterocycles. The van der Waals surface area contributed by atoms with E-state index in [0.717, 1.165) is 24.1 Å². The molecule has 2 N–H and O–H groups in total. The molecule has 0 spiro atoms. The highest BCUT2D eigenvalue weighted by atomic mass is 32.1. The van der Waals surface area contributed by atoms with Gasteiger partial charge in [-0.3, -0.25) is 4.90 Å². The molecule has 0 radical (unpaired) electrons. The third-order valence-electron chi connectivity index (χ3n) is 5.26. The minimum atomic E-state index is 0.672. The first kappa shape index (κ1) is 20.8. The van der Waals surface area contributed by atoms with E-state index >= 15 is 0 Å². The molecule has 3 rings (SSSR count). The van der Waals surface area contributed by atoms with Crippen molar-refractivity contribution in [1.29, 1.82) is 0 Å². The number of rotatable bonds is 7. The van der Waals surface area contributed by atoms with E-state index in [1.165, 1.54) is 41.8 Å². The summed E-state index contributed by atoms with van der Waals surface area (Å²) in [4.78, 5) is 13.1. The summed E-state index contributed by atoms with van der Waals surface area (Å²) in [5, 5.41) is 7.83. The molecule has 5 nitrogen and oxygen atoms in total. The van der Waals surface area contributed by atoms with E-state index in [0.29, 0.717) is 19.1 Å². The Bertz CT molecular complexity index is 770. The Kier molecular flexibility index (Phi) is 7.86. The van der Waals surface area contributed by atoms with E-state index in [2.05, 4.69) is 65.6 Å². The fourth-order valence-corrected chi connectivity index (χ4v) is 4.35. The quantitative estimate of drug-likeness (QED) is 0.544. The first-order valence-corrected chi connectivity index (χ1v) is 11.2. The van der Waals surface area contributed by atoms with Crippen LogP contribution >= 0.6 is 11.3 Å². The molecule has 2 heterocycles. The second kappa shape index (κ2) is 10.6. The van der Waals surface area contributed by atoms with Crippen molar-refractivity contribution < 1.29 is 0 Å². The van der Waals surface area contributed by atoms with Gasteiger partial charge in [-0.1, -0.05) is 30.7 Å². The lowest BCUT2D eigenvalue weighted by Crippen LogP contribution is -2.37. The normalized spacial score (nSPS) is 18.2. The zero-order valence-electron chi connectivity index (χ0n) is 17.4. The average molecular weight is 400 g/mol. The van der Waals surface area contributed by atoms with Crippen LogP contribution in [0.3, 0.4) is 0 Å². The summed E-state index contributed by atoms with van der Waals surface area (Å²) >= 11 is 1.72. The van der Waals surface area contributed by atoms with Crippen LogP contribution in [0.1, 0.15) is 54.1 Å². The Morgan fingerprint density at radius 3 is 2.79 bits per heavy atom. The van der Waals surface area contributed by atoms with E-state index in [9.17, 15) is 0 Å². The SMILES string of the molecule is CCNC(=NCc1ccccc1CN1CCCCC1C)NCc1ncc(C)s1. The maximum absolute atomic E-state index is 4.83. The highest BCUT2D eigenvalue weighted by Crippen LogP contribution is 2.21. The number of nitrogens with one attached hydrogen (secondary N) is 2. The van der Waals surface area contributed by atoms with Gasteiger partial charge >= 0.3 is 0 Å². The van der Waals surface area contributed by atoms with E-state index < -0.39 is 0 Å². The summed E-state index contributed by atoms with van der Waals surface area (Å²) in [5.41, 5.74) is 2.70. The van der Waals surface area contributed by atoms with Crippen molar-refractivity contribution in [3.8, 4) is 0 Å². The van der Waals surface area contributed by atoms with Gasteiger partial charge in [-0.25, -0.2) is 9.98 Å². The van der Waals surface area contributed by atoms with Gasteiger partial charge in [-0.05, 0) is 51.3 Å². The maximum Gasteiger partial charge on any atom is 0.191 e. The van der Waals surface area contributed by atoms with Crippen molar-refractivity contribution >= 4 is 17.3 Å². The molecule has 152 valence electrons. The van der Waals surface area contributed by atoms with Crippen LogP contribution in [0, 0.1) is 6.92 Å². The molecule has 0 amide bonds. The fraction of sp³-hybridized carbons (Fsp3) is 0.545. The number of aromatic nitrogens is 1. The predicted molar refractivity (Wildman–Crippen MR) is 119 cm³/mol. The van der Waals surface area contributed by atoms with Crippen LogP contribution in [0.5, 0.6) is 0 Å². The predicted octanol–water partition coefficient (Wildman–Crippen LogP) is 4.08. The van der Waals surface area contributed by atoms with Gasteiger partial charge in [0.05, 0.1) is 13.1 Å². The number of piperidine rings is 1. The number of hydrogen-bond acceptors (Lipinski definition) is 4. The van der Waals surface area contributed by atoms with Crippen LogP contribution in [-0.2, 0) is 19.6 Å². The molecule has 1 aliphatic rings. The zero-order chi connectivity index (χ0) is 19.8. The van der Waals surface area contributed by atoms with Gasteiger partial charge in [0.1, 0.15) is 5.01 Å². The van der Waals surface area contributed by atoms with Gasteiger partial charge in [-0.2, -0.15) is 0 Å². The van der Waals surface area contributed by atoms with Crippen molar-refractivity contribution in [3.63, 3.8) is 0 Å². The van der Waals surface area contributed by atoms with E-state index in [-0.39, 0.29) is 0 Å². The Morgan fingerprint density at radius 1 is 1.25 bits per heavy atom. The second-order valence-electron chi connectivity index (χ2n) is 7.50. The Hall–Kier alpha value is -1.92. The van der Waals surface area contributed by atoms with E-state index in [1.54, 1.807) is 11.3 Å². The summed E-state index contributed by atoms with van der Waals surface area (Å²) in [7, 11) is 0. The van der Waals surface area contributed by atoms with Crippen molar-refractivity contribution in [2.24, 2.45) is 4.99 Å². The molecule has 1 aliphatic heterocycles. The summed E-state index contributed by atoms with van der Waals surface area (Å²) in [6.07, 6.45) is 5.91. The lowest BCUT2D eigenvalue weighted by Gasteiger charge is -2.33. The molecule has 1 atom stereocenters. The largest absolute Gasteiger partial charge is 0.357 e. The molecule has 2 aromatic rings. The zero-order valence-corrected chi connectivity index (χ0v) is 18.2. The fourth-order valence-electron chi connectivity index (χ4n) is 3.63. The highest BCUT2D eigenvalue weighted by Gasteiger charge is 2.19. The molecule has 1 unspecified atom stereocenters. The summed E-state index contributed by atoms with van der Waals surface area (Å²) in [5.74, 6) is 0.844. The highest BCUT2D eigenvalue weighted by molar-refractivity contribution is 7.11. The topological polar surface area (TPSA) is 52.6 Å². The third-order valence-corrected chi connectivity index (χ3v) is 6.17. The van der Waals surface area contributed by atoms with E-state index in [4.69, 9.17) is 4.99 Å². The van der Waals surface area contributed by atoms with Gasteiger partial charge < -0.3 is 10.6 Å². The molecule has 0 aliphatic carbocycles. The molecule has 1 aromatic heterocycles. The van der Waals surface area contributed by atoms with Crippen molar-refractivity contribution in [1.82, 2.24) is 20.5 Å². The van der Waals surface area contributed by atoms with Crippen LogP contribution in [-0.4, -0.2) is 35.0 Å². The minimum Gasteiger partial charge on any atom is -0.357 e. The number of nitrogens with zero attached hydrogens (tertiary/aromatic N) is 3. The van der Waals surface area contributed by atoms with Gasteiger partial charge in [0, 0.05) is 30.2 Å². The summed E-state index contributed by atoms with van der Waals surface area (Å²) < 4.78 is 0. The van der Waals surface area contributed by atoms with Crippen LogP contribution < -0.4 is 10.6 Å². The number of likely N-dealkylation sites (tertiary alicyclic amines) is 1. The van der Waals surface area contributed by atoms with Crippen LogP contribution in [0.25, 0.3) is 0 Å². The summed E-state index contributed by atoms with van der Waals surface area (Å²) in [6.45, 7) is 11.0. The second-order valence-corrected chi connectivity index (χ2v) is 8.82. The number of benzene rings is 1. The minimum absolute atomic E-state index is 0.672. The van der Waals surface area contributed by atoms with Crippen LogP contribution in [0.15, 0.2) is 35.5 Å². The number of guanidine groups is 1. The molecule has 1 aromatic carbocycles. The number of aliphatic imine (C=N–C) groups is 1. The molecular weight excluding hydrogens is 366 g/mol. The van der Waals surface area contributed by atoms with Crippen molar-refractivity contribution in [2.45, 2.75) is 65.7 Å². The number of thiazole rings is 1. The third kappa shape index (κ3) is 6.04. The van der Waals surface area contributed by atoms with Gasteiger partial charge in [0.15, 0.2) is 5.96 Å². The molecule has 28 heavy (non-hydrogen) atoms. The molecule has 0 bridgehead atoms. The first-order valence-electron chi connectivity index (χ1n) is 10.4. The lowest BCUT2D eigenvalue weighted by atomic mass is 10.0.